The first-order chi connectivity index (χ1) is 20.3. The lowest BCUT2D eigenvalue weighted by Gasteiger charge is -2.19. The van der Waals surface area contributed by atoms with E-state index in [9.17, 15) is 31.5 Å². The first kappa shape index (κ1) is 32.7. The molecular weight excluding hydrogens is 579 g/mol. The number of nitrogens with two attached hydrogens (primary N) is 2. The van der Waals surface area contributed by atoms with Crippen LogP contribution in [0.4, 0.5) is 33.3 Å². The van der Waals surface area contributed by atoms with Crippen molar-refractivity contribution in [1.29, 1.82) is 0 Å². The average molecular weight is 609 g/mol. The van der Waals surface area contributed by atoms with E-state index in [4.69, 9.17) is 30.4 Å². The second kappa shape index (κ2) is 14.4. The molecule has 4 N–H and O–H groups in total. The highest BCUT2D eigenvalue weighted by atomic mass is 19.4. The lowest BCUT2D eigenvalue weighted by atomic mass is 10.1. The Hall–Kier alpha value is -4.81. The van der Waals surface area contributed by atoms with E-state index in [0.717, 1.165) is 5.56 Å². The fourth-order valence-corrected chi connectivity index (χ4v) is 3.66. The molecule has 0 aliphatic heterocycles. The van der Waals surface area contributed by atoms with Crippen LogP contribution in [0.1, 0.15) is 34.3 Å². The first-order valence-electron chi connectivity index (χ1n) is 12.9. The number of carbonyl (C=O) groups excluding carboxylic acids is 2. The maximum Gasteiger partial charge on any atom is 0.453 e. The van der Waals surface area contributed by atoms with E-state index in [2.05, 4.69) is 0 Å². The van der Waals surface area contributed by atoms with Crippen LogP contribution >= 0.6 is 0 Å². The predicted molar refractivity (Wildman–Crippen MR) is 149 cm³/mol. The fraction of sp³-hybridized carbons (Fsp3) is 0.267. The van der Waals surface area contributed by atoms with Gasteiger partial charge in [0.05, 0.1) is 25.9 Å². The summed E-state index contributed by atoms with van der Waals surface area (Å²) in [4.78, 5) is 24.7. The summed E-state index contributed by atoms with van der Waals surface area (Å²) in [6, 6.07) is 15.1. The van der Waals surface area contributed by atoms with Gasteiger partial charge in [-0.25, -0.2) is 9.59 Å². The van der Waals surface area contributed by atoms with Crippen LogP contribution in [0, 0.1) is 0 Å². The third-order valence-electron chi connectivity index (χ3n) is 6.00. The van der Waals surface area contributed by atoms with Gasteiger partial charge in [-0.2, -0.15) is 22.0 Å². The van der Waals surface area contributed by atoms with Crippen LogP contribution in [0.15, 0.2) is 66.7 Å². The number of halogens is 5. The molecule has 0 atom stereocenters. The number of hydrogen-bond donors (Lipinski definition) is 2. The van der Waals surface area contributed by atoms with Crippen LogP contribution in [0.5, 0.6) is 17.2 Å². The molecule has 0 saturated heterocycles. The van der Waals surface area contributed by atoms with Crippen molar-refractivity contribution in [2.24, 2.45) is 0 Å². The Kier molecular flexibility index (Phi) is 10.9. The Balaban J connectivity index is 1.50. The third kappa shape index (κ3) is 9.62. The Labute approximate surface area is 244 Å². The van der Waals surface area contributed by atoms with Crippen LogP contribution < -0.4 is 25.7 Å². The monoisotopic (exact) mass is 608 g/mol. The Bertz CT molecular complexity index is 1440. The van der Waals surface area contributed by atoms with Gasteiger partial charge in [0.1, 0.15) is 5.75 Å². The minimum Gasteiger partial charge on any atom is -0.494 e. The molecule has 0 fully saturated rings. The van der Waals surface area contributed by atoms with E-state index in [1.54, 1.807) is 30.3 Å². The number of alkyl halides is 5. The van der Waals surface area contributed by atoms with Gasteiger partial charge in [-0.3, -0.25) is 0 Å². The van der Waals surface area contributed by atoms with E-state index in [1.807, 2.05) is 0 Å². The van der Waals surface area contributed by atoms with Crippen molar-refractivity contribution in [3.05, 3.63) is 83.4 Å². The van der Waals surface area contributed by atoms with Crippen molar-refractivity contribution in [2.75, 3.05) is 31.8 Å². The Morgan fingerprint density at radius 1 is 0.884 bits per heavy atom. The van der Waals surface area contributed by atoms with Gasteiger partial charge in [0.2, 0.25) is 0 Å². The summed E-state index contributed by atoms with van der Waals surface area (Å²) in [5, 5.41) is 0. The molecule has 0 heterocycles. The van der Waals surface area contributed by atoms with E-state index < -0.39 is 36.9 Å². The summed E-state index contributed by atoms with van der Waals surface area (Å²) >= 11 is 0. The Morgan fingerprint density at radius 2 is 1.60 bits per heavy atom. The first-order valence-corrected chi connectivity index (χ1v) is 12.9. The Morgan fingerprint density at radius 3 is 2.26 bits per heavy atom. The summed E-state index contributed by atoms with van der Waals surface area (Å²) in [6.07, 6.45) is -4.39. The molecule has 0 amide bonds. The number of benzene rings is 3. The normalized spacial score (nSPS) is 11.8. The van der Waals surface area contributed by atoms with Crippen LogP contribution in [0.3, 0.4) is 0 Å². The van der Waals surface area contributed by atoms with E-state index in [1.165, 1.54) is 49.6 Å². The summed E-state index contributed by atoms with van der Waals surface area (Å²) in [5.41, 5.74) is 14.1. The molecule has 230 valence electrons. The number of hydrogen-bond acceptors (Lipinski definition) is 8. The number of anilines is 2. The predicted octanol–water partition coefficient (Wildman–Crippen LogP) is 6.23. The third-order valence-corrected chi connectivity index (χ3v) is 6.00. The topological polar surface area (TPSA) is 123 Å². The lowest BCUT2D eigenvalue weighted by molar-refractivity contribution is -0.284. The largest absolute Gasteiger partial charge is 0.494 e. The second-order valence-corrected chi connectivity index (χ2v) is 9.19. The summed E-state index contributed by atoms with van der Waals surface area (Å²) in [5.74, 6) is -5.63. The SMILES string of the molecule is COc1cc(C=CC(=O)OCCc2ccc(N)cc2N)ccc1OC(=O)c1ccc(OCCCC(F)(F)C(F)(F)F)cc1. The maximum atomic E-state index is 13.0. The van der Waals surface area contributed by atoms with Gasteiger partial charge in [0.25, 0.3) is 0 Å². The van der Waals surface area contributed by atoms with Crippen molar-refractivity contribution in [2.45, 2.75) is 31.4 Å². The zero-order chi connectivity index (χ0) is 31.6. The summed E-state index contributed by atoms with van der Waals surface area (Å²) < 4.78 is 83.7. The average Bonchev–Trinajstić information content (AvgIpc) is 2.95. The number of methoxy groups -OCH3 is 1. The van der Waals surface area contributed by atoms with Crippen LogP contribution in [-0.4, -0.2) is 44.4 Å². The number of esters is 2. The van der Waals surface area contributed by atoms with Crippen LogP contribution in [0.25, 0.3) is 6.08 Å². The molecule has 3 rings (SSSR count). The number of nitrogen functional groups attached to an aromatic ring is 2. The summed E-state index contributed by atoms with van der Waals surface area (Å²) in [7, 11) is 1.37. The molecule has 0 saturated carbocycles. The van der Waals surface area contributed by atoms with Gasteiger partial charge in [-0.15, -0.1) is 0 Å². The lowest BCUT2D eigenvalue weighted by Crippen LogP contribution is -2.36. The fourth-order valence-electron chi connectivity index (χ4n) is 3.66. The highest BCUT2D eigenvalue weighted by Gasteiger charge is 2.56. The zero-order valence-electron chi connectivity index (χ0n) is 23.0. The van der Waals surface area contributed by atoms with Crippen molar-refractivity contribution in [3.63, 3.8) is 0 Å². The van der Waals surface area contributed by atoms with Gasteiger partial charge < -0.3 is 30.4 Å². The van der Waals surface area contributed by atoms with Crippen molar-refractivity contribution < 1.29 is 50.5 Å². The quantitative estimate of drug-likeness (QED) is 0.0585. The van der Waals surface area contributed by atoms with Gasteiger partial charge in [0, 0.05) is 30.3 Å². The summed E-state index contributed by atoms with van der Waals surface area (Å²) in [6.45, 7) is -0.257. The molecule has 13 heteroatoms. The minimum atomic E-state index is -5.61. The van der Waals surface area contributed by atoms with Crippen LogP contribution in [0.2, 0.25) is 0 Å². The van der Waals surface area contributed by atoms with E-state index >= 15 is 0 Å². The number of ether oxygens (including phenoxy) is 4. The molecular formula is C30H29F5N2O6. The minimum absolute atomic E-state index is 0.0965. The van der Waals surface area contributed by atoms with Gasteiger partial charge >= 0.3 is 24.0 Å². The molecule has 0 spiro atoms. The standard InChI is InChI=1S/C30H29F5N2O6/c1-40-26-17-19(4-12-27(38)42-16-13-20-5-8-22(36)18-24(20)37)3-11-25(26)43-28(39)21-6-9-23(10-7-21)41-15-2-14-29(31,32)30(33,34)35/h3-12,17-18H,2,13-16,36-37H2,1H3. The van der Waals surface area contributed by atoms with Gasteiger partial charge in [-0.1, -0.05) is 12.1 Å². The van der Waals surface area contributed by atoms with Crippen LogP contribution in [-0.2, 0) is 16.0 Å². The molecule has 0 aliphatic carbocycles. The van der Waals surface area contributed by atoms with E-state index in [-0.39, 0.29) is 36.0 Å². The molecule has 0 aliphatic rings. The second-order valence-electron chi connectivity index (χ2n) is 9.19. The maximum absolute atomic E-state index is 13.0. The van der Waals surface area contributed by atoms with Gasteiger partial charge in [0.15, 0.2) is 11.5 Å². The smallest absolute Gasteiger partial charge is 0.453 e. The molecule has 3 aromatic carbocycles. The number of carbonyl (C=O) groups is 2. The zero-order valence-corrected chi connectivity index (χ0v) is 23.0. The molecule has 43 heavy (non-hydrogen) atoms. The molecule has 0 unspecified atom stereocenters. The molecule has 0 bridgehead atoms. The molecule has 3 aromatic rings. The van der Waals surface area contributed by atoms with Crippen molar-refractivity contribution in [1.82, 2.24) is 0 Å². The highest BCUT2D eigenvalue weighted by Crippen LogP contribution is 2.38. The van der Waals surface area contributed by atoms with Crippen molar-refractivity contribution >= 4 is 29.4 Å². The van der Waals surface area contributed by atoms with Gasteiger partial charge in [-0.05, 0) is 72.2 Å². The van der Waals surface area contributed by atoms with E-state index in [0.29, 0.717) is 23.4 Å². The number of rotatable bonds is 13. The highest BCUT2D eigenvalue weighted by molar-refractivity contribution is 5.91. The molecule has 0 radical (unpaired) electrons. The molecule has 8 nitrogen and oxygen atoms in total. The van der Waals surface area contributed by atoms with Crippen molar-refractivity contribution in [3.8, 4) is 17.2 Å². The molecule has 0 aromatic heterocycles.